The van der Waals surface area contributed by atoms with E-state index in [1.807, 2.05) is 36.1 Å². The number of fused-ring (bicyclic) bond motifs is 1. The minimum absolute atomic E-state index is 0.0210. The molecule has 6 nitrogen and oxygen atoms in total. The summed E-state index contributed by atoms with van der Waals surface area (Å²) in [5.41, 5.74) is 1.50. The van der Waals surface area contributed by atoms with E-state index in [2.05, 4.69) is 17.2 Å². The van der Waals surface area contributed by atoms with Crippen molar-refractivity contribution in [2.75, 3.05) is 20.2 Å². The zero-order valence-corrected chi connectivity index (χ0v) is 16.4. The molecule has 2 amide bonds. The van der Waals surface area contributed by atoms with Gasteiger partial charge in [0, 0.05) is 42.5 Å². The lowest BCUT2D eigenvalue weighted by Gasteiger charge is -2.31. The molecule has 3 rings (SSSR count). The van der Waals surface area contributed by atoms with Crippen molar-refractivity contribution in [3.63, 3.8) is 0 Å². The van der Waals surface area contributed by atoms with Crippen LogP contribution < -0.4 is 10.1 Å². The molecular formula is C21H29N3O3. The number of hydrogen-bond donors (Lipinski definition) is 2. The minimum atomic E-state index is 0.0210. The minimum Gasteiger partial charge on any atom is -0.497 e. The Kier molecular flexibility index (Phi) is 6.04. The quantitative estimate of drug-likeness (QED) is 0.818. The normalized spacial score (nSPS) is 16.3. The molecule has 1 aromatic heterocycles. The number of H-pyrrole nitrogens is 1. The van der Waals surface area contributed by atoms with Crippen molar-refractivity contribution in [3.05, 3.63) is 30.0 Å². The number of nitrogens with one attached hydrogen (secondary N) is 2. The van der Waals surface area contributed by atoms with Gasteiger partial charge in [-0.15, -0.1) is 0 Å². The molecule has 1 aromatic carbocycles. The van der Waals surface area contributed by atoms with Crippen LogP contribution in [0.5, 0.6) is 5.75 Å². The number of methoxy groups -OCH3 is 1. The smallest absolute Gasteiger partial charge is 0.270 e. The molecule has 2 aromatic rings. The van der Waals surface area contributed by atoms with Crippen molar-refractivity contribution in [2.24, 2.45) is 5.92 Å². The van der Waals surface area contributed by atoms with E-state index in [1.54, 1.807) is 7.11 Å². The lowest BCUT2D eigenvalue weighted by atomic mass is 9.93. The predicted octanol–water partition coefficient (Wildman–Crippen LogP) is 3.33. The molecule has 1 aliphatic heterocycles. The van der Waals surface area contributed by atoms with Crippen LogP contribution in [0.25, 0.3) is 10.9 Å². The number of rotatable bonds is 6. The molecular weight excluding hydrogens is 342 g/mol. The second-order valence-corrected chi connectivity index (χ2v) is 7.45. The molecule has 0 radical (unpaired) electrons. The highest BCUT2D eigenvalue weighted by molar-refractivity contribution is 5.98. The van der Waals surface area contributed by atoms with Gasteiger partial charge in [-0.05, 0) is 50.3 Å². The molecule has 1 saturated heterocycles. The van der Waals surface area contributed by atoms with E-state index in [1.165, 1.54) is 0 Å². The molecule has 0 aliphatic carbocycles. The highest BCUT2D eigenvalue weighted by atomic mass is 16.5. The van der Waals surface area contributed by atoms with E-state index in [-0.39, 0.29) is 17.9 Å². The number of carbonyl (C=O) groups is 2. The largest absolute Gasteiger partial charge is 0.497 e. The van der Waals surface area contributed by atoms with Gasteiger partial charge in [0.25, 0.3) is 5.91 Å². The Morgan fingerprint density at radius 2 is 2.04 bits per heavy atom. The zero-order valence-electron chi connectivity index (χ0n) is 16.4. The topological polar surface area (TPSA) is 74.4 Å². The summed E-state index contributed by atoms with van der Waals surface area (Å²) < 4.78 is 5.23. The Morgan fingerprint density at radius 3 is 2.70 bits per heavy atom. The molecule has 0 spiro atoms. The molecule has 1 unspecified atom stereocenters. The van der Waals surface area contributed by atoms with Gasteiger partial charge in [0.05, 0.1) is 7.11 Å². The third kappa shape index (κ3) is 4.62. The van der Waals surface area contributed by atoms with Crippen molar-refractivity contribution in [2.45, 2.75) is 45.6 Å². The number of amides is 2. The number of piperidine rings is 1. The maximum absolute atomic E-state index is 12.8. The van der Waals surface area contributed by atoms with Crippen LogP contribution in [-0.4, -0.2) is 47.9 Å². The third-order valence-corrected chi connectivity index (χ3v) is 5.46. The maximum atomic E-state index is 12.8. The SMILES string of the molecule is CCC(C)NC(=O)CC1CCN(C(=O)c2cc3ccc(OC)cc3[nH]2)CC1. The molecule has 27 heavy (non-hydrogen) atoms. The number of carbonyl (C=O) groups excluding carboxylic acids is 2. The van der Waals surface area contributed by atoms with E-state index in [0.717, 1.165) is 35.9 Å². The monoisotopic (exact) mass is 371 g/mol. The van der Waals surface area contributed by atoms with Gasteiger partial charge in [0.2, 0.25) is 5.91 Å². The van der Waals surface area contributed by atoms with E-state index >= 15 is 0 Å². The van der Waals surface area contributed by atoms with Crippen molar-refractivity contribution < 1.29 is 14.3 Å². The summed E-state index contributed by atoms with van der Waals surface area (Å²) in [6, 6.07) is 7.85. The van der Waals surface area contributed by atoms with E-state index in [0.29, 0.717) is 31.1 Å². The van der Waals surface area contributed by atoms with Crippen LogP contribution >= 0.6 is 0 Å². The number of nitrogens with zero attached hydrogens (tertiary/aromatic N) is 1. The standard InChI is InChI=1S/C21H29N3O3/c1-4-14(2)22-20(25)11-15-7-9-24(10-8-15)21(26)19-12-16-5-6-17(27-3)13-18(16)23-19/h5-6,12-15,23H,4,7-11H2,1-3H3,(H,22,25). The summed E-state index contributed by atoms with van der Waals surface area (Å²) in [5.74, 6) is 1.26. The number of benzene rings is 1. The second kappa shape index (κ2) is 8.46. The van der Waals surface area contributed by atoms with Crippen LogP contribution in [0.1, 0.15) is 50.0 Å². The summed E-state index contributed by atoms with van der Waals surface area (Å²) in [6.07, 6.45) is 3.23. The van der Waals surface area contributed by atoms with Gasteiger partial charge < -0.3 is 19.9 Å². The molecule has 0 saturated carbocycles. The van der Waals surface area contributed by atoms with Crippen LogP contribution in [0, 0.1) is 5.92 Å². The Bertz CT molecular complexity index is 806. The van der Waals surface area contributed by atoms with E-state index in [4.69, 9.17) is 4.74 Å². The first-order chi connectivity index (χ1) is 13.0. The van der Waals surface area contributed by atoms with Crippen molar-refractivity contribution in [1.29, 1.82) is 0 Å². The number of aromatic amines is 1. The average Bonchev–Trinajstić information content (AvgIpc) is 3.10. The molecule has 1 aliphatic rings. The first kappa shape index (κ1) is 19.3. The zero-order chi connectivity index (χ0) is 19.4. The van der Waals surface area contributed by atoms with Crippen LogP contribution in [0.2, 0.25) is 0 Å². The molecule has 1 fully saturated rings. The molecule has 6 heteroatoms. The lowest BCUT2D eigenvalue weighted by molar-refractivity contribution is -0.122. The fraction of sp³-hybridized carbons (Fsp3) is 0.524. The maximum Gasteiger partial charge on any atom is 0.270 e. The van der Waals surface area contributed by atoms with Gasteiger partial charge in [-0.2, -0.15) is 0 Å². The Hall–Kier alpha value is -2.50. The van der Waals surface area contributed by atoms with Gasteiger partial charge in [0.1, 0.15) is 11.4 Å². The van der Waals surface area contributed by atoms with Gasteiger partial charge in [-0.3, -0.25) is 9.59 Å². The van der Waals surface area contributed by atoms with Crippen LogP contribution in [0.4, 0.5) is 0 Å². The summed E-state index contributed by atoms with van der Waals surface area (Å²) in [7, 11) is 1.63. The molecule has 2 N–H and O–H groups in total. The van der Waals surface area contributed by atoms with Gasteiger partial charge >= 0.3 is 0 Å². The fourth-order valence-corrected chi connectivity index (χ4v) is 3.56. The number of ether oxygens (including phenoxy) is 1. The highest BCUT2D eigenvalue weighted by Gasteiger charge is 2.26. The van der Waals surface area contributed by atoms with Crippen molar-refractivity contribution in [1.82, 2.24) is 15.2 Å². The average molecular weight is 371 g/mol. The van der Waals surface area contributed by atoms with E-state index < -0.39 is 0 Å². The summed E-state index contributed by atoms with van der Waals surface area (Å²) in [5, 5.41) is 4.02. The number of aromatic nitrogens is 1. The van der Waals surface area contributed by atoms with Crippen molar-refractivity contribution >= 4 is 22.7 Å². The Balaban J connectivity index is 1.56. The lowest BCUT2D eigenvalue weighted by Crippen LogP contribution is -2.40. The Labute approximate surface area is 160 Å². The molecule has 146 valence electrons. The van der Waals surface area contributed by atoms with Gasteiger partial charge in [-0.1, -0.05) is 6.92 Å². The third-order valence-electron chi connectivity index (χ3n) is 5.46. The van der Waals surface area contributed by atoms with E-state index in [9.17, 15) is 9.59 Å². The predicted molar refractivity (Wildman–Crippen MR) is 106 cm³/mol. The summed E-state index contributed by atoms with van der Waals surface area (Å²) in [6.45, 7) is 5.47. The van der Waals surface area contributed by atoms with Gasteiger partial charge in [0.15, 0.2) is 0 Å². The van der Waals surface area contributed by atoms with Crippen LogP contribution in [0.15, 0.2) is 24.3 Å². The highest BCUT2D eigenvalue weighted by Crippen LogP contribution is 2.25. The number of hydrogen-bond acceptors (Lipinski definition) is 3. The second-order valence-electron chi connectivity index (χ2n) is 7.45. The van der Waals surface area contributed by atoms with Crippen LogP contribution in [0.3, 0.4) is 0 Å². The molecule has 1 atom stereocenters. The van der Waals surface area contributed by atoms with Crippen molar-refractivity contribution in [3.8, 4) is 5.75 Å². The first-order valence-corrected chi connectivity index (χ1v) is 9.75. The Morgan fingerprint density at radius 1 is 1.30 bits per heavy atom. The van der Waals surface area contributed by atoms with Crippen LogP contribution in [-0.2, 0) is 4.79 Å². The molecule has 2 heterocycles. The number of likely N-dealkylation sites (tertiary alicyclic amines) is 1. The molecule has 0 bridgehead atoms. The summed E-state index contributed by atoms with van der Waals surface area (Å²) >= 11 is 0. The summed E-state index contributed by atoms with van der Waals surface area (Å²) in [4.78, 5) is 30.0. The first-order valence-electron chi connectivity index (χ1n) is 9.75. The fourth-order valence-electron chi connectivity index (χ4n) is 3.56. The van der Waals surface area contributed by atoms with Gasteiger partial charge in [-0.25, -0.2) is 0 Å².